The molecule has 35 heavy (non-hydrogen) atoms. The molecule has 0 aliphatic heterocycles. The molecule has 3 aromatic rings. The molecule has 0 spiro atoms. The molecule has 0 fully saturated rings. The summed E-state index contributed by atoms with van der Waals surface area (Å²) in [7, 11) is 0. The number of anilines is 1. The van der Waals surface area contributed by atoms with Crippen molar-refractivity contribution in [2.45, 2.75) is 19.3 Å². The van der Waals surface area contributed by atoms with Crippen LogP contribution in [0.25, 0.3) is 0 Å². The molecule has 0 bridgehead atoms. The lowest BCUT2D eigenvalue weighted by Crippen LogP contribution is -2.44. The number of halogens is 4. The standard InChI is InChI=1S/C25H23F4N3O2S/c1-2-13-31(24(34)30-21-11-7-19(8-12-21)25(27,28)29)17-23(33)32(16-22-4-3-14-35-22)15-18-5-9-20(26)10-6-18/h2-12,14H,1,13,15-17H2,(H,30,34). The first kappa shape index (κ1) is 26.0. The first-order valence-corrected chi connectivity index (χ1v) is 11.4. The van der Waals surface area contributed by atoms with Crippen LogP contribution >= 0.6 is 11.3 Å². The molecular formula is C25H23F4N3O2S. The second kappa shape index (κ2) is 11.7. The van der Waals surface area contributed by atoms with Crippen molar-refractivity contribution < 1.29 is 27.2 Å². The molecule has 2 aromatic carbocycles. The van der Waals surface area contributed by atoms with Crippen molar-refractivity contribution in [2.75, 3.05) is 18.4 Å². The van der Waals surface area contributed by atoms with Crippen LogP contribution in [0.15, 0.2) is 78.7 Å². The number of carbonyl (C=O) groups excluding carboxylic acids is 2. The molecule has 0 aliphatic rings. The van der Waals surface area contributed by atoms with Crippen molar-refractivity contribution in [2.24, 2.45) is 0 Å². The molecule has 0 saturated carbocycles. The van der Waals surface area contributed by atoms with Gasteiger partial charge in [0.15, 0.2) is 0 Å². The largest absolute Gasteiger partial charge is 0.416 e. The third-order valence-electron chi connectivity index (χ3n) is 4.99. The Morgan fingerprint density at radius 1 is 0.971 bits per heavy atom. The molecule has 1 heterocycles. The molecule has 0 unspecified atom stereocenters. The van der Waals surface area contributed by atoms with E-state index < -0.39 is 17.8 Å². The van der Waals surface area contributed by atoms with Crippen LogP contribution in [-0.2, 0) is 24.1 Å². The Balaban J connectivity index is 1.72. The average Bonchev–Trinajstić information content (AvgIpc) is 3.32. The molecule has 0 aliphatic carbocycles. The number of thiophene rings is 1. The highest BCUT2D eigenvalue weighted by molar-refractivity contribution is 7.09. The fourth-order valence-corrected chi connectivity index (χ4v) is 3.94. The molecule has 10 heteroatoms. The summed E-state index contributed by atoms with van der Waals surface area (Å²) >= 11 is 1.48. The quantitative estimate of drug-likeness (QED) is 0.280. The first-order chi connectivity index (χ1) is 16.7. The van der Waals surface area contributed by atoms with Crippen LogP contribution in [-0.4, -0.2) is 34.8 Å². The lowest BCUT2D eigenvalue weighted by Gasteiger charge is -2.27. The summed E-state index contributed by atoms with van der Waals surface area (Å²) in [6, 6.07) is 12.9. The van der Waals surface area contributed by atoms with Crippen LogP contribution in [0.2, 0.25) is 0 Å². The summed E-state index contributed by atoms with van der Waals surface area (Å²) in [5, 5.41) is 4.40. The zero-order valence-corrected chi connectivity index (χ0v) is 19.4. The second-order valence-corrected chi connectivity index (χ2v) is 8.66. The van der Waals surface area contributed by atoms with Gasteiger partial charge in [-0.2, -0.15) is 13.2 Å². The number of amides is 3. The highest BCUT2D eigenvalue weighted by Gasteiger charge is 2.30. The average molecular weight is 506 g/mol. The van der Waals surface area contributed by atoms with Crippen LogP contribution < -0.4 is 5.32 Å². The molecule has 0 saturated heterocycles. The fraction of sp³-hybridized carbons (Fsp3) is 0.200. The van der Waals surface area contributed by atoms with Gasteiger partial charge < -0.3 is 15.1 Å². The number of hydrogen-bond donors (Lipinski definition) is 1. The van der Waals surface area contributed by atoms with E-state index in [0.29, 0.717) is 6.54 Å². The summed E-state index contributed by atoms with van der Waals surface area (Å²) < 4.78 is 51.6. The third-order valence-corrected chi connectivity index (χ3v) is 5.85. The van der Waals surface area contributed by atoms with E-state index in [1.54, 1.807) is 17.0 Å². The maximum Gasteiger partial charge on any atom is 0.416 e. The number of benzene rings is 2. The van der Waals surface area contributed by atoms with Crippen molar-refractivity contribution >= 4 is 29.0 Å². The van der Waals surface area contributed by atoms with Crippen molar-refractivity contribution in [3.8, 4) is 0 Å². The van der Waals surface area contributed by atoms with E-state index in [4.69, 9.17) is 0 Å². The Hall–Kier alpha value is -3.66. The van der Waals surface area contributed by atoms with E-state index in [2.05, 4.69) is 11.9 Å². The van der Waals surface area contributed by atoms with E-state index in [0.717, 1.165) is 34.7 Å². The van der Waals surface area contributed by atoms with Crippen molar-refractivity contribution in [3.63, 3.8) is 0 Å². The van der Waals surface area contributed by atoms with Crippen molar-refractivity contribution in [1.29, 1.82) is 0 Å². The minimum Gasteiger partial charge on any atom is -0.332 e. The van der Waals surface area contributed by atoms with Gasteiger partial charge in [0.2, 0.25) is 5.91 Å². The van der Waals surface area contributed by atoms with Gasteiger partial charge in [0, 0.05) is 23.7 Å². The van der Waals surface area contributed by atoms with Gasteiger partial charge in [0.1, 0.15) is 12.4 Å². The molecule has 3 amide bonds. The van der Waals surface area contributed by atoms with Crippen LogP contribution in [0, 0.1) is 5.82 Å². The maximum absolute atomic E-state index is 13.3. The van der Waals surface area contributed by atoms with Gasteiger partial charge >= 0.3 is 12.2 Å². The number of nitrogens with zero attached hydrogens (tertiary/aromatic N) is 2. The molecule has 1 aromatic heterocycles. The highest BCUT2D eigenvalue weighted by Crippen LogP contribution is 2.29. The van der Waals surface area contributed by atoms with Gasteiger partial charge in [-0.05, 0) is 53.4 Å². The molecule has 0 radical (unpaired) electrons. The highest BCUT2D eigenvalue weighted by atomic mass is 32.1. The first-order valence-electron chi connectivity index (χ1n) is 10.5. The smallest absolute Gasteiger partial charge is 0.332 e. The van der Waals surface area contributed by atoms with E-state index in [1.807, 2.05) is 17.5 Å². The number of urea groups is 1. The monoisotopic (exact) mass is 505 g/mol. The Kier molecular flexibility index (Phi) is 8.64. The number of hydrogen-bond acceptors (Lipinski definition) is 3. The second-order valence-electron chi connectivity index (χ2n) is 7.63. The number of alkyl halides is 3. The molecular weight excluding hydrogens is 482 g/mol. The zero-order chi connectivity index (χ0) is 25.4. The number of rotatable bonds is 9. The van der Waals surface area contributed by atoms with Crippen LogP contribution in [0.1, 0.15) is 16.0 Å². The normalized spacial score (nSPS) is 11.1. The van der Waals surface area contributed by atoms with E-state index in [9.17, 15) is 27.2 Å². The Morgan fingerprint density at radius 2 is 1.66 bits per heavy atom. The SMILES string of the molecule is C=CCN(CC(=O)N(Cc1ccc(F)cc1)Cc1cccs1)C(=O)Nc1ccc(C(F)(F)F)cc1. The third kappa shape index (κ3) is 7.68. The van der Waals surface area contributed by atoms with Crippen LogP contribution in [0.5, 0.6) is 0 Å². The summed E-state index contributed by atoms with van der Waals surface area (Å²) in [5.41, 5.74) is 0.0469. The van der Waals surface area contributed by atoms with Gasteiger partial charge in [0.05, 0.1) is 12.1 Å². The summed E-state index contributed by atoms with van der Waals surface area (Å²) in [6.07, 6.45) is -3.04. The van der Waals surface area contributed by atoms with Gasteiger partial charge in [-0.3, -0.25) is 4.79 Å². The van der Waals surface area contributed by atoms with Gasteiger partial charge in [-0.15, -0.1) is 17.9 Å². The lowest BCUT2D eigenvalue weighted by atomic mass is 10.2. The van der Waals surface area contributed by atoms with E-state index in [-0.39, 0.29) is 37.0 Å². The Bertz CT molecular complexity index is 1130. The lowest BCUT2D eigenvalue weighted by molar-refractivity contribution is -0.137. The zero-order valence-electron chi connectivity index (χ0n) is 18.6. The Morgan fingerprint density at radius 3 is 2.23 bits per heavy atom. The van der Waals surface area contributed by atoms with Gasteiger partial charge in [-0.1, -0.05) is 24.3 Å². The molecule has 1 N–H and O–H groups in total. The summed E-state index contributed by atoms with van der Waals surface area (Å²) in [4.78, 5) is 29.7. The van der Waals surface area contributed by atoms with E-state index >= 15 is 0 Å². The van der Waals surface area contributed by atoms with Gasteiger partial charge in [-0.25, -0.2) is 9.18 Å². The van der Waals surface area contributed by atoms with Gasteiger partial charge in [0.25, 0.3) is 0 Å². The fourth-order valence-electron chi connectivity index (χ4n) is 3.22. The topological polar surface area (TPSA) is 52.7 Å². The van der Waals surface area contributed by atoms with E-state index in [1.165, 1.54) is 34.4 Å². The van der Waals surface area contributed by atoms with Crippen LogP contribution in [0.4, 0.5) is 28.0 Å². The summed E-state index contributed by atoms with van der Waals surface area (Å²) in [5.74, 6) is -0.742. The molecule has 184 valence electrons. The summed E-state index contributed by atoms with van der Waals surface area (Å²) in [6.45, 7) is 3.88. The number of nitrogens with one attached hydrogen (secondary N) is 1. The van der Waals surface area contributed by atoms with Crippen molar-refractivity contribution in [3.05, 3.63) is 101 Å². The molecule has 0 atom stereocenters. The van der Waals surface area contributed by atoms with Crippen LogP contribution in [0.3, 0.4) is 0 Å². The molecule has 5 nitrogen and oxygen atoms in total. The maximum atomic E-state index is 13.3. The number of carbonyl (C=O) groups is 2. The Labute approximate surface area is 204 Å². The predicted octanol–water partition coefficient (Wildman–Crippen LogP) is 6.15. The minimum atomic E-state index is -4.49. The minimum absolute atomic E-state index is 0.0433. The van der Waals surface area contributed by atoms with Crippen molar-refractivity contribution in [1.82, 2.24) is 9.80 Å². The predicted molar refractivity (Wildman–Crippen MR) is 127 cm³/mol. The molecule has 3 rings (SSSR count).